The summed E-state index contributed by atoms with van der Waals surface area (Å²) in [5, 5.41) is 4.71. The predicted octanol–water partition coefficient (Wildman–Crippen LogP) is 4.17. The molecule has 0 bridgehead atoms. The number of carbonyl (C=O) groups excluding carboxylic acids is 1. The lowest BCUT2D eigenvalue weighted by Gasteiger charge is -2.11. The van der Waals surface area contributed by atoms with Gasteiger partial charge in [0, 0.05) is 35.6 Å². The molecule has 2 aromatic rings. The molecule has 1 aromatic carbocycles. The Morgan fingerprint density at radius 3 is 2.78 bits per heavy atom. The van der Waals surface area contributed by atoms with E-state index in [0.717, 1.165) is 35.1 Å². The SMILES string of the molecule is CCn1c(C(=O)NCCCOC(C)C)c(C)c2cc(Cl)ccc21. The highest BCUT2D eigenvalue weighted by Crippen LogP contribution is 2.28. The van der Waals surface area contributed by atoms with E-state index in [-0.39, 0.29) is 12.0 Å². The molecule has 0 aliphatic rings. The average molecular weight is 337 g/mol. The van der Waals surface area contributed by atoms with Gasteiger partial charge in [0.05, 0.1) is 6.10 Å². The number of nitrogens with zero attached hydrogens (tertiary/aromatic N) is 1. The van der Waals surface area contributed by atoms with Crippen LogP contribution in [0.25, 0.3) is 10.9 Å². The zero-order valence-electron chi connectivity index (χ0n) is 14.3. The zero-order chi connectivity index (χ0) is 17.0. The number of hydrogen-bond acceptors (Lipinski definition) is 2. The fraction of sp³-hybridized carbons (Fsp3) is 0.500. The van der Waals surface area contributed by atoms with Gasteiger partial charge >= 0.3 is 0 Å². The molecular formula is C18H25ClN2O2. The van der Waals surface area contributed by atoms with Crippen LogP contribution < -0.4 is 5.32 Å². The van der Waals surface area contributed by atoms with Crippen LogP contribution in [0.1, 0.15) is 43.2 Å². The highest BCUT2D eigenvalue weighted by molar-refractivity contribution is 6.31. The number of rotatable bonds is 7. The Hall–Kier alpha value is -1.52. The Morgan fingerprint density at radius 1 is 1.39 bits per heavy atom. The summed E-state index contributed by atoms with van der Waals surface area (Å²) < 4.78 is 7.53. The summed E-state index contributed by atoms with van der Waals surface area (Å²) in [7, 11) is 0. The second-order valence-corrected chi connectivity index (χ2v) is 6.34. The molecule has 0 spiro atoms. The van der Waals surface area contributed by atoms with E-state index in [4.69, 9.17) is 16.3 Å². The van der Waals surface area contributed by atoms with Gasteiger partial charge < -0.3 is 14.6 Å². The Bertz CT molecular complexity index is 692. The second kappa shape index (κ2) is 7.84. The summed E-state index contributed by atoms with van der Waals surface area (Å²) in [6, 6.07) is 5.76. The number of amides is 1. The van der Waals surface area contributed by atoms with E-state index in [1.807, 2.05) is 50.5 Å². The lowest BCUT2D eigenvalue weighted by Crippen LogP contribution is -2.28. The van der Waals surface area contributed by atoms with Crippen molar-refractivity contribution in [3.05, 3.63) is 34.5 Å². The van der Waals surface area contributed by atoms with Crippen LogP contribution in [0.2, 0.25) is 5.02 Å². The van der Waals surface area contributed by atoms with Crippen LogP contribution in [0.15, 0.2) is 18.2 Å². The monoisotopic (exact) mass is 336 g/mol. The molecule has 0 radical (unpaired) electrons. The average Bonchev–Trinajstić information content (AvgIpc) is 2.78. The maximum Gasteiger partial charge on any atom is 0.268 e. The number of fused-ring (bicyclic) bond motifs is 1. The minimum absolute atomic E-state index is 0.0405. The summed E-state index contributed by atoms with van der Waals surface area (Å²) in [5.74, 6) is -0.0405. The molecule has 1 amide bonds. The van der Waals surface area contributed by atoms with Gasteiger partial charge in [-0.15, -0.1) is 0 Å². The van der Waals surface area contributed by atoms with Crippen molar-refractivity contribution < 1.29 is 9.53 Å². The first-order chi connectivity index (χ1) is 11.0. The van der Waals surface area contributed by atoms with Crippen LogP contribution in [-0.2, 0) is 11.3 Å². The van der Waals surface area contributed by atoms with E-state index in [1.165, 1.54) is 0 Å². The summed E-state index contributed by atoms with van der Waals surface area (Å²) in [4.78, 5) is 12.6. The molecule has 0 fully saturated rings. The minimum Gasteiger partial charge on any atom is -0.379 e. The minimum atomic E-state index is -0.0405. The van der Waals surface area contributed by atoms with Crippen molar-refractivity contribution in [2.24, 2.45) is 0 Å². The Morgan fingerprint density at radius 2 is 2.13 bits per heavy atom. The summed E-state index contributed by atoms with van der Waals surface area (Å²) >= 11 is 6.10. The Labute approximate surface area is 142 Å². The number of nitrogens with one attached hydrogen (secondary N) is 1. The molecule has 0 aliphatic heterocycles. The number of halogens is 1. The first kappa shape index (κ1) is 17.8. The third kappa shape index (κ3) is 4.06. The summed E-state index contributed by atoms with van der Waals surface area (Å²) in [6.07, 6.45) is 1.03. The molecule has 4 nitrogen and oxygen atoms in total. The van der Waals surface area contributed by atoms with Gasteiger partial charge in [-0.3, -0.25) is 4.79 Å². The van der Waals surface area contributed by atoms with Crippen molar-refractivity contribution in [1.82, 2.24) is 9.88 Å². The van der Waals surface area contributed by atoms with Crippen molar-refractivity contribution in [2.45, 2.75) is 46.8 Å². The van der Waals surface area contributed by atoms with Crippen LogP contribution in [0, 0.1) is 6.92 Å². The fourth-order valence-corrected chi connectivity index (χ4v) is 2.96. The van der Waals surface area contributed by atoms with Crippen LogP contribution in [0.4, 0.5) is 0 Å². The van der Waals surface area contributed by atoms with Gasteiger partial charge in [0.15, 0.2) is 0 Å². The third-order valence-electron chi connectivity index (χ3n) is 3.87. The quantitative estimate of drug-likeness (QED) is 0.771. The molecule has 1 heterocycles. The van der Waals surface area contributed by atoms with E-state index in [9.17, 15) is 4.79 Å². The van der Waals surface area contributed by atoms with Crippen molar-refractivity contribution in [3.63, 3.8) is 0 Å². The van der Waals surface area contributed by atoms with E-state index in [1.54, 1.807) is 0 Å². The number of hydrogen-bond donors (Lipinski definition) is 1. The van der Waals surface area contributed by atoms with Crippen molar-refractivity contribution >= 4 is 28.4 Å². The first-order valence-electron chi connectivity index (χ1n) is 8.13. The van der Waals surface area contributed by atoms with Crippen LogP contribution in [0.3, 0.4) is 0 Å². The lowest BCUT2D eigenvalue weighted by molar-refractivity contribution is 0.0756. The fourth-order valence-electron chi connectivity index (χ4n) is 2.79. The molecule has 5 heteroatoms. The van der Waals surface area contributed by atoms with Gasteiger partial charge in [-0.25, -0.2) is 0 Å². The van der Waals surface area contributed by atoms with Crippen molar-refractivity contribution in [1.29, 1.82) is 0 Å². The highest BCUT2D eigenvalue weighted by atomic mass is 35.5. The van der Waals surface area contributed by atoms with Gasteiger partial charge in [-0.1, -0.05) is 11.6 Å². The van der Waals surface area contributed by atoms with E-state index >= 15 is 0 Å². The first-order valence-corrected chi connectivity index (χ1v) is 8.51. The topological polar surface area (TPSA) is 43.3 Å². The van der Waals surface area contributed by atoms with Gasteiger partial charge in [-0.2, -0.15) is 0 Å². The highest BCUT2D eigenvalue weighted by Gasteiger charge is 2.19. The van der Waals surface area contributed by atoms with Crippen LogP contribution in [0.5, 0.6) is 0 Å². The Kier molecular flexibility index (Phi) is 6.08. The molecule has 1 N–H and O–H groups in total. The predicted molar refractivity (Wildman–Crippen MR) is 95.4 cm³/mol. The number of ether oxygens (including phenoxy) is 1. The molecule has 2 rings (SSSR count). The normalized spacial score (nSPS) is 11.4. The van der Waals surface area contributed by atoms with Gasteiger partial charge in [0.1, 0.15) is 5.69 Å². The molecular weight excluding hydrogens is 312 g/mol. The number of carbonyl (C=O) groups is 1. The second-order valence-electron chi connectivity index (χ2n) is 5.91. The molecule has 0 aliphatic carbocycles. The molecule has 23 heavy (non-hydrogen) atoms. The molecule has 0 atom stereocenters. The molecule has 0 saturated heterocycles. The van der Waals surface area contributed by atoms with Crippen molar-refractivity contribution in [3.8, 4) is 0 Å². The number of aromatic nitrogens is 1. The maximum absolute atomic E-state index is 12.6. The third-order valence-corrected chi connectivity index (χ3v) is 4.10. The largest absolute Gasteiger partial charge is 0.379 e. The number of benzene rings is 1. The lowest BCUT2D eigenvalue weighted by atomic mass is 10.1. The van der Waals surface area contributed by atoms with E-state index in [0.29, 0.717) is 18.2 Å². The number of aryl methyl sites for hydroxylation is 2. The zero-order valence-corrected chi connectivity index (χ0v) is 15.0. The molecule has 126 valence electrons. The van der Waals surface area contributed by atoms with E-state index < -0.39 is 0 Å². The van der Waals surface area contributed by atoms with Gasteiger partial charge in [0.2, 0.25) is 0 Å². The van der Waals surface area contributed by atoms with Gasteiger partial charge in [0.25, 0.3) is 5.91 Å². The standard InChI is InChI=1S/C18H25ClN2O2/c1-5-21-16-8-7-14(19)11-15(16)13(4)17(21)18(22)20-9-6-10-23-12(2)3/h7-8,11-12H,5-6,9-10H2,1-4H3,(H,20,22). The van der Waals surface area contributed by atoms with Crippen LogP contribution in [-0.4, -0.2) is 29.7 Å². The van der Waals surface area contributed by atoms with E-state index in [2.05, 4.69) is 5.32 Å². The van der Waals surface area contributed by atoms with Crippen LogP contribution >= 0.6 is 11.6 Å². The summed E-state index contributed by atoms with van der Waals surface area (Å²) in [6.45, 7) is 10.0. The molecule has 0 unspecified atom stereocenters. The molecule has 0 saturated carbocycles. The summed E-state index contributed by atoms with van der Waals surface area (Å²) in [5.41, 5.74) is 2.73. The van der Waals surface area contributed by atoms with Gasteiger partial charge in [-0.05, 0) is 57.9 Å². The smallest absolute Gasteiger partial charge is 0.268 e. The maximum atomic E-state index is 12.6. The molecule has 1 aromatic heterocycles. The Balaban J connectivity index is 2.15. The van der Waals surface area contributed by atoms with Crippen molar-refractivity contribution in [2.75, 3.05) is 13.2 Å².